The predicted molar refractivity (Wildman–Crippen MR) is 81.3 cm³/mol. The lowest BCUT2D eigenvalue weighted by atomic mass is 10.2. The number of aryl methyl sites for hydroxylation is 1. The third kappa shape index (κ3) is 4.98. The summed E-state index contributed by atoms with van der Waals surface area (Å²) in [7, 11) is 0. The van der Waals surface area contributed by atoms with Crippen LogP contribution in [0.3, 0.4) is 0 Å². The summed E-state index contributed by atoms with van der Waals surface area (Å²) in [5.41, 5.74) is -0.472. The number of nitrogens with zero attached hydrogens (tertiary/aromatic N) is 3. The molecule has 0 radical (unpaired) electrons. The number of nitrogens with one attached hydrogen (secondary N) is 1. The summed E-state index contributed by atoms with van der Waals surface area (Å²) in [6.07, 6.45) is 2.53. The Kier molecular flexibility index (Phi) is 5.39. The lowest BCUT2D eigenvalue weighted by molar-refractivity contribution is 0.0511. The number of hydrogen-bond acceptors (Lipinski definition) is 6. The maximum absolute atomic E-state index is 11.7. The van der Waals surface area contributed by atoms with Gasteiger partial charge in [-0.25, -0.2) is 4.79 Å². The molecule has 1 amide bonds. The Morgan fingerprint density at radius 2 is 2.14 bits per heavy atom. The Bertz CT molecular complexity index is 495. The van der Waals surface area contributed by atoms with Crippen LogP contribution in [0.25, 0.3) is 0 Å². The summed E-state index contributed by atoms with van der Waals surface area (Å²) >= 11 is 0. The number of amides is 1. The number of aromatic nitrogens is 2. The van der Waals surface area contributed by atoms with E-state index in [0.717, 1.165) is 25.8 Å². The first-order chi connectivity index (χ1) is 10.4. The van der Waals surface area contributed by atoms with E-state index < -0.39 is 5.60 Å². The van der Waals surface area contributed by atoms with Gasteiger partial charge in [-0.1, -0.05) is 6.92 Å². The van der Waals surface area contributed by atoms with Gasteiger partial charge in [0.1, 0.15) is 5.60 Å². The van der Waals surface area contributed by atoms with Crippen molar-refractivity contribution in [3.05, 3.63) is 11.8 Å². The van der Waals surface area contributed by atoms with Crippen LogP contribution < -0.4 is 5.32 Å². The van der Waals surface area contributed by atoms with Crippen LogP contribution in [-0.2, 0) is 17.7 Å². The van der Waals surface area contributed by atoms with Gasteiger partial charge in [-0.05, 0) is 40.2 Å². The highest BCUT2D eigenvalue weighted by molar-refractivity contribution is 5.67. The van der Waals surface area contributed by atoms with E-state index in [1.165, 1.54) is 0 Å². The second-order valence-corrected chi connectivity index (χ2v) is 6.59. The minimum absolute atomic E-state index is 0.282. The van der Waals surface area contributed by atoms with Crippen LogP contribution in [0.5, 0.6) is 0 Å². The average molecular weight is 310 g/mol. The van der Waals surface area contributed by atoms with Crippen molar-refractivity contribution in [3.63, 3.8) is 0 Å². The zero-order chi connectivity index (χ0) is 16.2. The number of likely N-dealkylation sites (tertiary alicyclic amines) is 1. The van der Waals surface area contributed by atoms with Gasteiger partial charge in [0.25, 0.3) is 0 Å². The topological polar surface area (TPSA) is 80.5 Å². The zero-order valence-corrected chi connectivity index (χ0v) is 13.9. The number of rotatable bonds is 5. The van der Waals surface area contributed by atoms with E-state index in [4.69, 9.17) is 9.15 Å². The fourth-order valence-electron chi connectivity index (χ4n) is 2.52. The lowest BCUT2D eigenvalue weighted by Gasteiger charge is -2.24. The molecule has 1 aliphatic rings. The second-order valence-electron chi connectivity index (χ2n) is 6.59. The van der Waals surface area contributed by atoms with Crippen molar-refractivity contribution in [2.75, 3.05) is 13.1 Å². The van der Waals surface area contributed by atoms with Gasteiger partial charge in [0.05, 0.1) is 6.54 Å². The van der Waals surface area contributed by atoms with Crippen molar-refractivity contribution in [2.24, 2.45) is 0 Å². The zero-order valence-electron chi connectivity index (χ0n) is 13.9. The normalized spacial score (nSPS) is 19.4. The molecule has 1 aliphatic heterocycles. The summed E-state index contributed by atoms with van der Waals surface area (Å²) in [5, 5.41) is 10.9. The van der Waals surface area contributed by atoms with Gasteiger partial charge >= 0.3 is 6.09 Å². The van der Waals surface area contributed by atoms with Crippen molar-refractivity contribution < 1.29 is 13.9 Å². The van der Waals surface area contributed by atoms with E-state index >= 15 is 0 Å². The summed E-state index contributed by atoms with van der Waals surface area (Å²) < 4.78 is 10.8. The van der Waals surface area contributed by atoms with E-state index in [0.29, 0.717) is 24.9 Å². The molecule has 0 spiro atoms. The molecule has 1 aromatic heterocycles. The molecule has 0 bridgehead atoms. The van der Waals surface area contributed by atoms with Crippen LogP contribution in [0.4, 0.5) is 4.79 Å². The van der Waals surface area contributed by atoms with Crippen molar-refractivity contribution in [1.29, 1.82) is 0 Å². The monoisotopic (exact) mass is 310 g/mol. The quantitative estimate of drug-likeness (QED) is 0.897. The van der Waals surface area contributed by atoms with Gasteiger partial charge in [0.15, 0.2) is 0 Å². The molecule has 22 heavy (non-hydrogen) atoms. The van der Waals surface area contributed by atoms with Gasteiger partial charge < -0.3 is 14.5 Å². The molecule has 1 saturated heterocycles. The van der Waals surface area contributed by atoms with Gasteiger partial charge in [-0.3, -0.25) is 4.90 Å². The maximum atomic E-state index is 11.7. The smallest absolute Gasteiger partial charge is 0.407 e. The summed E-state index contributed by atoms with van der Waals surface area (Å²) in [4.78, 5) is 14.0. The van der Waals surface area contributed by atoms with Crippen LogP contribution in [-0.4, -0.2) is 45.9 Å². The molecule has 2 heterocycles. The van der Waals surface area contributed by atoms with Crippen molar-refractivity contribution in [1.82, 2.24) is 20.4 Å². The van der Waals surface area contributed by atoms with E-state index in [-0.39, 0.29) is 12.1 Å². The Morgan fingerprint density at radius 1 is 1.41 bits per heavy atom. The van der Waals surface area contributed by atoms with Crippen LogP contribution in [0.1, 0.15) is 52.3 Å². The highest BCUT2D eigenvalue weighted by Gasteiger charge is 2.27. The highest BCUT2D eigenvalue weighted by atomic mass is 16.6. The summed E-state index contributed by atoms with van der Waals surface area (Å²) in [6.45, 7) is 9.74. The Hall–Kier alpha value is -1.63. The summed E-state index contributed by atoms with van der Waals surface area (Å²) in [6, 6.07) is 0.282. The molecule has 1 fully saturated rings. The number of alkyl carbamates (subject to hydrolysis) is 1. The lowest BCUT2D eigenvalue weighted by Crippen LogP contribution is -2.41. The van der Waals surface area contributed by atoms with E-state index in [1.807, 2.05) is 27.7 Å². The van der Waals surface area contributed by atoms with Crippen molar-refractivity contribution >= 4 is 6.09 Å². The molecule has 7 heteroatoms. The third-order valence-corrected chi connectivity index (χ3v) is 3.53. The minimum Gasteiger partial charge on any atom is -0.444 e. The van der Waals surface area contributed by atoms with Gasteiger partial charge in [-0.15, -0.1) is 10.2 Å². The molecule has 0 aromatic carbocycles. The Labute approximate surface area is 131 Å². The maximum Gasteiger partial charge on any atom is 0.407 e. The van der Waals surface area contributed by atoms with Crippen LogP contribution in [0.2, 0.25) is 0 Å². The first kappa shape index (κ1) is 16.7. The van der Waals surface area contributed by atoms with Crippen molar-refractivity contribution in [3.8, 4) is 0 Å². The fraction of sp³-hybridized carbons (Fsp3) is 0.800. The van der Waals surface area contributed by atoms with Crippen LogP contribution in [0.15, 0.2) is 4.42 Å². The molecule has 1 N–H and O–H groups in total. The average Bonchev–Trinajstić information content (AvgIpc) is 3.04. The molecule has 7 nitrogen and oxygen atoms in total. The second kappa shape index (κ2) is 7.09. The fourth-order valence-corrected chi connectivity index (χ4v) is 2.52. The van der Waals surface area contributed by atoms with Crippen LogP contribution in [0, 0.1) is 0 Å². The van der Waals surface area contributed by atoms with Gasteiger partial charge in [0, 0.05) is 19.0 Å². The van der Waals surface area contributed by atoms with Crippen molar-refractivity contribution in [2.45, 2.75) is 65.1 Å². The molecular formula is C15H26N4O3. The molecule has 1 aromatic rings. The van der Waals surface area contributed by atoms with E-state index in [2.05, 4.69) is 20.4 Å². The van der Waals surface area contributed by atoms with E-state index in [1.54, 1.807) is 0 Å². The molecular weight excluding hydrogens is 284 g/mol. The molecule has 0 unspecified atom stereocenters. The molecule has 0 saturated carbocycles. The van der Waals surface area contributed by atoms with Gasteiger partial charge in [0.2, 0.25) is 11.8 Å². The van der Waals surface area contributed by atoms with Crippen LogP contribution >= 0.6 is 0 Å². The molecule has 1 atom stereocenters. The first-order valence-corrected chi connectivity index (χ1v) is 7.89. The molecule has 2 rings (SSSR count). The first-order valence-electron chi connectivity index (χ1n) is 7.89. The summed E-state index contributed by atoms with van der Waals surface area (Å²) in [5.74, 6) is 1.30. The largest absolute Gasteiger partial charge is 0.444 e. The number of ether oxygens (including phenoxy) is 1. The number of carbonyl (C=O) groups excluding carboxylic acids is 1. The third-order valence-electron chi connectivity index (χ3n) is 3.53. The molecule has 124 valence electrons. The van der Waals surface area contributed by atoms with Gasteiger partial charge in [-0.2, -0.15) is 0 Å². The number of carbonyl (C=O) groups is 1. The molecule has 0 aliphatic carbocycles. The predicted octanol–water partition coefficient (Wildman–Crippen LogP) is 2.12. The highest BCUT2D eigenvalue weighted by Crippen LogP contribution is 2.19. The Balaban J connectivity index is 1.81. The standard InChI is InChI=1S/C15H26N4O3/c1-5-12-17-18-13(21-12)10-19-8-6-7-11(19)9-16-14(20)22-15(2,3)4/h11H,5-10H2,1-4H3,(H,16,20)/t11-/m0/s1. The SMILES string of the molecule is CCc1nnc(CN2CCC[C@H]2CNC(=O)OC(C)(C)C)o1. The minimum atomic E-state index is -0.472. The van der Waals surface area contributed by atoms with E-state index in [9.17, 15) is 4.79 Å². The Morgan fingerprint density at radius 3 is 2.77 bits per heavy atom. The number of hydrogen-bond donors (Lipinski definition) is 1.